The van der Waals surface area contributed by atoms with Crippen molar-refractivity contribution in [3.05, 3.63) is 65.7 Å². The van der Waals surface area contributed by atoms with Crippen molar-refractivity contribution in [1.29, 1.82) is 0 Å². The quantitative estimate of drug-likeness (QED) is 0.651. The van der Waals surface area contributed by atoms with E-state index in [9.17, 15) is 4.79 Å². The molecule has 122 valence electrons. The Labute approximate surface area is 148 Å². The van der Waals surface area contributed by atoms with Crippen molar-refractivity contribution in [2.75, 3.05) is 11.1 Å². The molecule has 0 atom stereocenters. The molecule has 1 aromatic heterocycles. The van der Waals surface area contributed by atoms with E-state index in [-0.39, 0.29) is 5.91 Å². The number of hydrogen-bond donors (Lipinski definition) is 1. The molecule has 0 radical (unpaired) electrons. The zero-order valence-electron chi connectivity index (χ0n) is 12.7. The summed E-state index contributed by atoms with van der Waals surface area (Å²) < 4.78 is 6.50. The van der Waals surface area contributed by atoms with Crippen molar-refractivity contribution < 1.29 is 9.53 Å². The van der Waals surface area contributed by atoms with Crippen LogP contribution in [0.25, 0.3) is 0 Å². The van der Waals surface area contributed by atoms with E-state index < -0.39 is 0 Å². The van der Waals surface area contributed by atoms with E-state index in [2.05, 4.69) is 15.5 Å². The summed E-state index contributed by atoms with van der Waals surface area (Å²) >= 11 is 2.79. The van der Waals surface area contributed by atoms with Crippen LogP contribution in [0.5, 0.6) is 5.75 Å². The van der Waals surface area contributed by atoms with Crippen molar-refractivity contribution in [3.8, 4) is 5.75 Å². The van der Waals surface area contributed by atoms with Gasteiger partial charge in [-0.15, -0.1) is 10.2 Å². The fraction of sp³-hybridized carbons (Fsp3) is 0.118. The first-order valence-corrected chi connectivity index (χ1v) is 9.12. The second-order valence-corrected chi connectivity index (χ2v) is 6.90. The van der Waals surface area contributed by atoms with Gasteiger partial charge in [0, 0.05) is 5.69 Å². The number of nitrogens with one attached hydrogen (secondary N) is 1. The van der Waals surface area contributed by atoms with E-state index in [4.69, 9.17) is 4.74 Å². The molecule has 0 spiro atoms. The Morgan fingerprint density at radius 2 is 1.92 bits per heavy atom. The second kappa shape index (κ2) is 8.47. The van der Waals surface area contributed by atoms with Crippen molar-refractivity contribution in [2.45, 2.75) is 10.9 Å². The molecule has 0 aliphatic heterocycles. The fourth-order valence-electron chi connectivity index (χ4n) is 1.93. The topological polar surface area (TPSA) is 64.1 Å². The highest BCUT2D eigenvalue weighted by Gasteiger charge is 2.06. The lowest BCUT2D eigenvalue weighted by molar-refractivity contribution is -0.113. The first kappa shape index (κ1) is 16.5. The van der Waals surface area contributed by atoms with Crippen molar-refractivity contribution in [2.24, 2.45) is 0 Å². The van der Waals surface area contributed by atoms with Gasteiger partial charge in [0.15, 0.2) is 4.34 Å². The van der Waals surface area contributed by atoms with Gasteiger partial charge in [-0.3, -0.25) is 4.79 Å². The summed E-state index contributed by atoms with van der Waals surface area (Å²) in [5.74, 6) is 0.995. The number of amides is 1. The van der Waals surface area contributed by atoms with E-state index in [0.29, 0.717) is 12.4 Å². The van der Waals surface area contributed by atoms with Gasteiger partial charge in [0.2, 0.25) is 5.91 Å². The lowest BCUT2D eigenvalue weighted by Gasteiger charge is -2.08. The van der Waals surface area contributed by atoms with Gasteiger partial charge in [0.1, 0.15) is 17.9 Å². The van der Waals surface area contributed by atoms with Crippen LogP contribution in [0.3, 0.4) is 0 Å². The number of anilines is 1. The van der Waals surface area contributed by atoms with Crippen molar-refractivity contribution in [3.63, 3.8) is 0 Å². The van der Waals surface area contributed by atoms with Crippen LogP contribution in [0.4, 0.5) is 5.69 Å². The van der Waals surface area contributed by atoms with Crippen molar-refractivity contribution in [1.82, 2.24) is 10.2 Å². The predicted octanol–water partition coefficient (Wildman–Crippen LogP) is 3.85. The van der Waals surface area contributed by atoms with Crippen LogP contribution in [-0.4, -0.2) is 21.9 Å². The number of hydrogen-bond acceptors (Lipinski definition) is 6. The van der Waals surface area contributed by atoms with E-state index >= 15 is 0 Å². The molecule has 0 saturated heterocycles. The third kappa shape index (κ3) is 5.07. The standard InChI is InChI=1S/C17H15N3O2S2/c21-16(11-23-17-20-18-12-24-17)19-14-6-8-15(9-7-14)22-10-13-4-2-1-3-5-13/h1-9,12H,10-11H2,(H,19,21). The number of aromatic nitrogens is 2. The third-order valence-corrected chi connectivity index (χ3v) is 4.91. The highest BCUT2D eigenvalue weighted by molar-refractivity contribution is 8.01. The molecule has 3 aromatic rings. The Morgan fingerprint density at radius 1 is 1.12 bits per heavy atom. The van der Waals surface area contributed by atoms with Gasteiger partial charge in [-0.05, 0) is 29.8 Å². The summed E-state index contributed by atoms with van der Waals surface area (Å²) in [6, 6.07) is 17.3. The molecule has 3 rings (SSSR count). The molecular weight excluding hydrogens is 342 g/mol. The zero-order valence-corrected chi connectivity index (χ0v) is 14.3. The second-order valence-electron chi connectivity index (χ2n) is 4.84. The molecule has 0 unspecified atom stereocenters. The van der Waals surface area contributed by atoms with Gasteiger partial charge in [0.05, 0.1) is 5.75 Å². The number of ether oxygens (including phenoxy) is 1. The highest BCUT2D eigenvalue weighted by Crippen LogP contribution is 2.20. The minimum Gasteiger partial charge on any atom is -0.489 e. The maximum absolute atomic E-state index is 11.9. The molecule has 24 heavy (non-hydrogen) atoms. The molecule has 2 aromatic carbocycles. The van der Waals surface area contributed by atoms with Crippen molar-refractivity contribution >= 4 is 34.7 Å². The Bertz CT molecular complexity index is 762. The summed E-state index contributed by atoms with van der Waals surface area (Å²) in [5, 5.41) is 10.5. The molecule has 5 nitrogen and oxygen atoms in total. The highest BCUT2D eigenvalue weighted by atomic mass is 32.2. The number of carbonyl (C=O) groups excluding carboxylic acids is 1. The molecule has 0 aliphatic carbocycles. The summed E-state index contributed by atoms with van der Waals surface area (Å²) in [4.78, 5) is 11.9. The molecular formula is C17H15N3O2S2. The fourth-order valence-corrected chi connectivity index (χ4v) is 3.21. The third-order valence-electron chi connectivity index (χ3n) is 3.05. The smallest absolute Gasteiger partial charge is 0.234 e. The minimum absolute atomic E-state index is 0.0758. The zero-order chi connectivity index (χ0) is 16.6. The summed E-state index contributed by atoms with van der Waals surface area (Å²) in [6.07, 6.45) is 0. The number of thioether (sulfide) groups is 1. The molecule has 0 saturated carbocycles. The Hall–Kier alpha value is -2.38. The Morgan fingerprint density at radius 3 is 2.62 bits per heavy atom. The van der Waals surface area contributed by atoms with E-state index in [1.165, 1.54) is 23.1 Å². The van der Waals surface area contributed by atoms with Crippen LogP contribution in [0, 0.1) is 0 Å². The molecule has 7 heteroatoms. The lowest BCUT2D eigenvalue weighted by Crippen LogP contribution is -2.13. The summed E-state index contributed by atoms with van der Waals surface area (Å²) in [5.41, 5.74) is 3.50. The van der Waals surface area contributed by atoms with Crippen LogP contribution >= 0.6 is 23.1 Å². The summed E-state index contributed by atoms with van der Waals surface area (Å²) in [7, 11) is 0. The molecule has 1 heterocycles. The predicted molar refractivity (Wildman–Crippen MR) is 96.5 cm³/mol. The minimum atomic E-state index is -0.0758. The maximum atomic E-state index is 11.9. The average molecular weight is 357 g/mol. The number of nitrogens with zero attached hydrogens (tertiary/aromatic N) is 2. The van der Waals surface area contributed by atoms with Crippen LogP contribution in [0.2, 0.25) is 0 Å². The number of benzene rings is 2. The maximum Gasteiger partial charge on any atom is 0.234 e. The van der Waals surface area contributed by atoms with Gasteiger partial charge in [-0.25, -0.2) is 0 Å². The van der Waals surface area contributed by atoms with E-state index in [0.717, 1.165) is 21.3 Å². The lowest BCUT2D eigenvalue weighted by atomic mass is 10.2. The van der Waals surface area contributed by atoms with Crippen LogP contribution in [0.15, 0.2) is 64.4 Å². The number of carbonyl (C=O) groups is 1. The molecule has 0 bridgehead atoms. The SMILES string of the molecule is O=C(CSc1nncs1)Nc1ccc(OCc2ccccc2)cc1. The van der Waals surface area contributed by atoms with Crippen LogP contribution < -0.4 is 10.1 Å². The first-order chi connectivity index (χ1) is 11.8. The summed E-state index contributed by atoms with van der Waals surface area (Å²) in [6.45, 7) is 0.519. The normalized spacial score (nSPS) is 10.3. The van der Waals surface area contributed by atoms with E-state index in [1.807, 2.05) is 54.6 Å². The molecule has 1 N–H and O–H groups in total. The van der Waals surface area contributed by atoms with Crippen LogP contribution in [-0.2, 0) is 11.4 Å². The van der Waals surface area contributed by atoms with Gasteiger partial charge in [0.25, 0.3) is 0 Å². The molecule has 1 amide bonds. The first-order valence-electron chi connectivity index (χ1n) is 7.25. The van der Waals surface area contributed by atoms with Crippen LogP contribution in [0.1, 0.15) is 5.56 Å². The van der Waals surface area contributed by atoms with Gasteiger partial charge in [-0.1, -0.05) is 53.4 Å². The molecule has 0 fully saturated rings. The molecule has 0 aliphatic rings. The van der Waals surface area contributed by atoms with Gasteiger partial charge >= 0.3 is 0 Å². The number of rotatable bonds is 7. The van der Waals surface area contributed by atoms with E-state index in [1.54, 1.807) is 5.51 Å². The van der Waals surface area contributed by atoms with Gasteiger partial charge < -0.3 is 10.1 Å². The van der Waals surface area contributed by atoms with Gasteiger partial charge in [-0.2, -0.15) is 0 Å². The Balaban J connectivity index is 1.46. The average Bonchev–Trinajstić information content (AvgIpc) is 3.14. The monoisotopic (exact) mass is 357 g/mol. The Kier molecular flexibility index (Phi) is 5.81. The largest absolute Gasteiger partial charge is 0.489 e.